The van der Waals surface area contributed by atoms with Crippen molar-refractivity contribution < 1.29 is 4.79 Å². The maximum Gasteiger partial charge on any atom is 0.214 e. The second kappa shape index (κ2) is 5.12. The van der Waals surface area contributed by atoms with Crippen LogP contribution in [0.25, 0.3) is 0 Å². The lowest BCUT2D eigenvalue weighted by Crippen LogP contribution is -2.06. The Balaban J connectivity index is 2.29. The first-order valence-corrected chi connectivity index (χ1v) is 6.12. The second-order valence-electron chi connectivity index (χ2n) is 4.50. The molecule has 2 heterocycles. The molecule has 0 saturated heterocycles. The van der Waals surface area contributed by atoms with Gasteiger partial charge in [-0.2, -0.15) is 5.10 Å². The summed E-state index contributed by atoms with van der Waals surface area (Å²) >= 11 is 0. The van der Waals surface area contributed by atoms with Gasteiger partial charge in [-0.1, -0.05) is 13.0 Å². The number of carbonyl (C=O) groups is 1. The van der Waals surface area contributed by atoms with Gasteiger partial charge in [-0.15, -0.1) is 0 Å². The Hall–Kier alpha value is -1.97. The van der Waals surface area contributed by atoms with E-state index in [1.807, 2.05) is 19.9 Å². The van der Waals surface area contributed by atoms with Gasteiger partial charge in [-0.05, 0) is 31.4 Å². The highest BCUT2D eigenvalue weighted by molar-refractivity contribution is 6.08. The van der Waals surface area contributed by atoms with Crippen LogP contribution in [-0.2, 0) is 6.54 Å². The molecule has 0 aliphatic carbocycles. The lowest BCUT2D eigenvalue weighted by Gasteiger charge is -2.03. The summed E-state index contributed by atoms with van der Waals surface area (Å²) in [6.07, 6.45) is 6.11. The summed E-state index contributed by atoms with van der Waals surface area (Å²) in [6, 6.07) is 1.97. The molecule has 0 fully saturated rings. The first-order chi connectivity index (χ1) is 8.61. The second-order valence-corrected chi connectivity index (χ2v) is 4.50. The minimum Gasteiger partial charge on any atom is -0.287 e. The number of hydrogen-bond acceptors (Lipinski definition) is 3. The summed E-state index contributed by atoms with van der Waals surface area (Å²) < 4.78 is 1.79. The fourth-order valence-corrected chi connectivity index (χ4v) is 1.92. The van der Waals surface area contributed by atoms with Crippen molar-refractivity contribution in [2.24, 2.45) is 0 Å². The Bertz CT molecular complexity index is 572. The molecule has 0 aliphatic rings. The van der Waals surface area contributed by atoms with Gasteiger partial charge in [0.05, 0.1) is 11.8 Å². The summed E-state index contributed by atoms with van der Waals surface area (Å²) in [5.74, 6) is -0.0603. The lowest BCUT2D eigenvalue weighted by molar-refractivity contribution is 0.103. The Labute approximate surface area is 107 Å². The van der Waals surface area contributed by atoms with E-state index in [1.165, 1.54) is 0 Å². The quantitative estimate of drug-likeness (QED) is 0.775. The predicted molar refractivity (Wildman–Crippen MR) is 69.7 cm³/mol. The van der Waals surface area contributed by atoms with Gasteiger partial charge in [0.15, 0.2) is 0 Å². The predicted octanol–water partition coefficient (Wildman–Crippen LogP) is 2.54. The molecule has 0 unspecified atom stereocenters. The van der Waals surface area contributed by atoms with Crippen LogP contribution in [0.2, 0.25) is 0 Å². The van der Waals surface area contributed by atoms with Gasteiger partial charge in [0, 0.05) is 18.9 Å². The highest BCUT2D eigenvalue weighted by atomic mass is 16.1. The number of nitrogens with zero attached hydrogens (tertiary/aromatic N) is 3. The molecule has 0 saturated carbocycles. The summed E-state index contributed by atoms with van der Waals surface area (Å²) in [5, 5.41) is 4.17. The highest BCUT2D eigenvalue weighted by Crippen LogP contribution is 2.12. The highest BCUT2D eigenvalue weighted by Gasteiger charge is 2.15. The van der Waals surface area contributed by atoms with Crippen LogP contribution < -0.4 is 0 Å². The Morgan fingerprint density at radius 3 is 2.78 bits per heavy atom. The van der Waals surface area contributed by atoms with Crippen LogP contribution in [0.1, 0.15) is 40.5 Å². The summed E-state index contributed by atoms with van der Waals surface area (Å²) in [5.41, 5.74) is 3.08. The van der Waals surface area contributed by atoms with E-state index in [-0.39, 0.29) is 5.78 Å². The third-order valence-corrected chi connectivity index (χ3v) is 2.78. The summed E-state index contributed by atoms with van der Waals surface area (Å²) in [4.78, 5) is 16.5. The van der Waals surface area contributed by atoms with Crippen molar-refractivity contribution in [2.45, 2.75) is 33.7 Å². The first kappa shape index (κ1) is 12.5. The molecule has 0 aliphatic heterocycles. The number of aryl methyl sites for hydroxylation is 3. The van der Waals surface area contributed by atoms with Gasteiger partial charge in [-0.25, -0.2) is 0 Å². The molecule has 94 valence electrons. The average Bonchev–Trinajstić information content (AvgIpc) is 2.77. The van der Waals surface area contributed by atoms with E-state index in [2.05, 4.69) is 17.0 Å². The minimum absolute atomic E-state index is 0.0603. The summed E-state index contributed by atoms with van der Waals surface area (Å²) in [6.45, 7) is 6.78. The zero-order chi connectivity index (χ0) is 13.1. The molecule has 0 radical (unpaired) electrons. The number of ketones is 1. The maximum absolute atomic E-state index is 12.3. The van der Waals surface area contributed by atoms with E-state index in [1.54, 1.807) is 23.3 Å². The van der Waals surface area contributed by atoms with Crippen LogP contribution in [-0.4, -0.2) is 20.5 Å². The van der Waals surface area contributed by atoms with Crippen molar-refractivity contribution >= 4 is 5.78 Å². The molecule has 0 atom stereocenters. The first-order valence-electron chi connectivity index (χ1n) is 6.12. The topological polar surface area (TPSA) is 47.8 Å². The van der Waals surface area contributed by atoms with E-state index in [0.29, 0.717) is 11.3 Å². The molecule has 0 N–H and O–H groups in total. The van der Waals surface area contributed by atoms with Gasteiger partial charge in [-0.3, -0.25) is 14.5 Å². The fraction of sp³-hybridized carbons (Fsp3) is 0.357. The molecule has 2 rings (SSSR count). The van der Waals surface area contributed by atoms with Gasteiger partial charge in [0.1, 0.15) is 5.69 Å². The van der Waals surface area contributed by atoms with Crippen molar-refractivity contribution in [3.8, 4) is 0 Å². The molecule has 2 aromatic heterocycles. The zero-order valence-electron chi connectivity index (χ0n) is 11.0. The standard InChI is InChI=1S/C14H17N3O/c1-4-5-17-9-12(8-16-17)14(18)13-11(3)6-10(2)7-15-13/h6-9H,4-5H2,1-3H3. The van der Waals surface area contributed by atoms with Crippen molar-refractivity contribution in [2.75, 3.05) is 0 Å². The largest absolute Gasteiger partial charge is 0.287 e. The average molecular weight is 243 g/mol. The van der Waals surface area contributed by atoms with Crippen molar-refractivity contribution in [1.82, 2.24) is 14.8 Å². The number of hydrogen-bond donors (Lipinski definition) is 0. The van der Waals surface area contributed by atoms with Crippen LogP contribution in [0.3, 0.4) is 0 Å². The number of pyridine rings is 1. The Kier molecular flexibility index (Phi) is 3.55. The van der Waals surface area contributed by atoms with Crippen LogP contribution in [0.4, 0.5) is 0 Å². The van der Waals surface area contributed by atoms with Crippen molar-refractivity contribution in [3.63, 3.8) is 0 Å². The third-order valence-electron chi connectivity index (χ3n) is 2.78. The van der Waals surface area contributed by atoms with Gasteiger partial charge >= 0.3 is 0 Å². The van der Waals surface area contributed by atoms with E-state index < -0.39 is 0 Å². The van der Waals surface area contributed by atoms with Crippen LogP contribution in [0.15, 0.2) is 24.7 Å². The molecule has 0 amide bonds. The molecule has 0 bridgehead atoms. The van der Waals surface area contributed by atoms with Gasteiger partial charge < -0.3 is 0 Å². The Morgan fingerprint density at radius 2 is 2.11 bits per heavy atom. The molecule has 4 nitrogen and oxygen atoms in total. The van der Waals surface area contributed by atoms with E-state index in [9.17, 15) is 4.79 Å². The molecule has 2 aromatic rings. The van der Waals surface area contributed by atoms with E-state index in [4.69, 9.17) is 0 Å². The molecule has 18 heavy (non-hydrogen) atoms. The smallest absolute Gasteiger partial charge is 0.214 e. The number of rotatable bonds is 4. The van der Waals surface area contributed by atoms with Gasteiger partial charge in [0.2, 0.25) is 5.78 Å². The van der Waals surface area contributed by atoms with Crippen LogP contribution in [0, 0.1) is 13.8 Å². The van der Waals surface area contributed by atoms with Crippen molar-refractivity contribution in [1.29, 1.82) is 0 Å². The normalized spacial score (nSPS) is 10.6. The van der Waals surface area contributed by atoms with E-state index >= 15 is 0 Å². The lowest BCUT2D eigenvalue weighted by atomic mass is 10.1. The maximum atomic E-state index is 12.3. The number of carbonyl (C=O) groups excluding carboxylic acids is 1. The molecule has 0 spiro atoms. The Morgan fingerprint density at radius 1 is 1.33 bits per heavy atom. The van der Waals surface area contributed by atoms with Gasteiger partial charge in [0.25, 0.3) is 0 Å². The molecular weight excluding hydrogens is 226 g/mol. The number of aromatic nitrogens is 3. The van der Waals surface area contributed by atoms with Crippen LogP contribution >= 0.6 is 0 Å². The molecular formula is C14H17N3O. The van der Waals surface area contributed by atoms with Crippen LogP contribution in [0.5, 0.6) is 0 Å². The minimum atomic E-state index is -0.0603. The van der Waals surface area contributed by atoms with Crippen molar-refractivity contribution in [3.05, 3.63) is 47.0 Å². The van der Waals surface area contributed by atoms with E-state index in [0.717, 1.165) is 24.1 Å². The fourth-order valence-electron chi connectivity index (χ4n) is 1.92. The molecule has 4 heteroatoms. The SMILES string of the molecule is CCCn1cc(C(=O)c2ncc(C)cc2C)cn1. The third kappa shape index (κ3) is 2.47. The zero-order valence-corrected chi connectivity index (χ0v) is 11.0. The summed E-state index contributed by atoms with van der Waals surface area (Å²) in [7, 11) is 0. The molecule has 0 aromatic carbocycles. The monoisotopic (exact) mass is 243 g/mol.